The normalized spacial score (nSPS) is 13.9. The van der Waals surface area contributed by atoms with Crippen LogP contribution in [0.1, 0.15) is 316 Å². The van der Waals surface area contributed by atoms with E-state index in [4.69, 9.17) is 0 Å². The van der Waals surface area contributed by atoms with E-state index in [9.17, 15) is 25.2 Å². The maximum absolute atomic E-state index is 12.6. The molecule has 0 spiro atoms. The summed E-state index contributed by atoms with van der Waals surface area (Å²) in [4.78, 5) is 12.6. The molecular weight excluding hydrogens is 827 g/mol. The van der Waals surface area contributed by atoms with Gasteiger partial charge in [-0.1, -0.05) is 275 Å². The summed E-state index contributed by atoms with van der Waals surface area (Å²) in [7, 11) is 0. The molecule has 0 aromatic carbocycles. The fourth-order valence-electron chi connectivity index (χ4n) is 9.36. The van der Waals surface area contributed by atoms with Crippen LogP contribution in [-0.4, -0.2) is 57.3 Å². The van der Waals surface area contributed by atoms with Crippen molar-refractivity contribution in [2.75, 3.05) is 6.61 Å². The third-order valence-electron chi connectivity index (χ3n) is 14.1. The van der Waals surface area contributed by atoms with Gasteiger partial charge in [0.2, 0.25) is 5.91 Å². The lowest BCUT2D eigenvalue weighted by atomic mass is 10.00. The molecule has 0 aliphatic heterocycles. The Balaban J connectivity index is 3.66. The van der Waals surface area contributed by atoms with E-state index in [-0.39, 0.29) is 0 Å². The molecule has 0 aliphatic rings. The van der Waals surface area contributed by atoms with Gasteiger partial charge in [-0.25, -0.2) is 0 Å². The summed E-state index contributed by atoms with van der Waals surface area (Å²) < 4.78 is 0. The van der Waals surface area contributed by atoms with Crippen molar-refractivity contribution < 1.29 is 25.2 Å². The first-order chi connectivity index (χ1) is 33.0. The van der Waals surface area contributed by atoms with E-state index < -0.39 is 36.9 Å². The maximum atomic E-state index is 12.6. The number of unbranched alkanes of at least 4 members (excludes halogenated alkanes) is 40. The Bertz CT molecular complexity index is 1060. The molecule has 0 radical (unpaired) electrons. The highest BCUT2D eigenvalue weighted by Crippen LogP contribution is 2.17. The van der Waals surface area contributed by atoms with Gasteiger partial charge in [-0.15, -0.1) is 0 Å². The Morgan fingerprint density at radius 3 is 0.940 bits per heavy atom. The van der Waals surface area contributed by atoms with Crippen molar-refractivity contribution in [3.63, 3.8) is 0 Å². The quantitative estimate of drug-likeness (QED) is 0.0308. The number of aliphatic hydroxyl groups excluding tert-OH is 4. The predicted molar refractivity (Wildman–Crippen MR) is 293 cm³/mol. The minimum atomic E-state index is -1.29. The largest absolute Gasteiger partial charge is 0.394 e. The van der Waals surface area contributed by atoms with Crippen molar-refractivity contribution in [2.45, 2.75) is 340 Å². The van der Waals surface area contributed by atoms with Gasteiger partial charge < -0.3 is 25.7 Å². The lowest BCUT2D eigenvalue weighted by Crippen LogP contribution is -2.53. The molecule has 4 atom stereocenters. The lowest BCUT2D eigenvalue weighted by molar-refractivity contribution is -0.132. The molecule has 6 heteroatoms. The van der Waals surface area contributed by atoms with Crippen molar-refractivity contribution >= 4 is 5.91 Å². The molecule has 0 heterocycles. The Morgan fingerprint density at radius 1 is 0.358 bits per heavy atom. The van der Waals surface area contributed by atoms with Gasteiger partial charge in [0.1, 0.15) is 12.2 Å². The summed E-state index contributed by atoms with van der Waals surface area (Å²) in [5, 5.41) is 44.0. The number of carbonyl (C=O) groups is 1. The number of allylic oxidation sites excluding steroid dienone is 6. The summed E-state index contributed by atoms with van der Waals surface area (Å²) in [5.74, 6) is -0.595. The molecule has 0 saturated carbocycles. The summed E-state index contributed by atoms with van der Waals surface area (Å²) >= 11 is 0. The number of rotatable bonds is 55. The number of aliphatic hydroxyl groups is 4. The topological polar surface area (TPSA) is 110 Å². The standard InChI is InChI=1S/C61H117NO5/c1-3-5-7-9-11-13-15-17-19-21-23-25-27-29-30-31-33-35-37-39-41-43-45-47-49-51-53-55-59(65)61(67)62-57(56-63)60(66)58(64)54-52-50-48-46-44-42-40-38-36-34-32-28-26-24-22-20-18-16-14-12-10-8-6-4-2/h29-30,38,40,46,48,57-60,63-66H,3-28,31-37,39,41-45,47,49-56H2,1-2H3,(H,62,67)/b30-29-,40-38+,48-46+. The van der Waals surface area contributed by atoms with Crippen LogP contribution in [0.5, 0.6) is 0 Å². The van der Waals surface area contributed by atoms with Crippen LogP contribution in [0.2, 0.25) is 0 Å². The average molecular weight is 945 g/mol. The number of nitrogens with one attached hydrogen (secondary N) is 1. The molecule has 6 nitrogen and oxygen atoms in total. The summed E-state index contributed by atoms with van der Waals surface area (Å²) in [6, 6.07) is -1.01. The molecule has 0 aromatic heterocycles. The van der Waals surface area contributed by atoms with E-state index in [0.717, 1.165) is 38.5 Å². The zero-order valence-corrected chi connectivity index (χ0v) is 44.9. The van der Waals surface area contributed by atoms with Crippen LogP contribution >= 0.6 is 0 Å². The first kappa shape index (κ1) is 65.5. The van der Waals surface area contributed by atoms with Crippen molar-refractivity contribution in [1.82, 2.24) is 5.32 Å². The third kappa shape index (κ3) is 49.3. The molecule has 0 aromatic rings. The fourth-order valence-corrected chi connectivity index (χ4v) is 9.36. The molecule has 0 bridgehead atoms. The van der Waals surface area contributed by atoms with E-state index in [0.29, 0.717) is 19.3 Å². The Kier molecular flexibility index (Phi) is 54.2. The highest BCUT2D eigenvalue weighted by atomic mass is 16.3. The molecule has 4 unspecified atom stereocenters. The van der Waals surface area contributed by atoms with Crippen molar-refractivity contribution in [3.05, 3.63) is 36.5 Å². The third-order valence-corrected chi connectivity index (χ3v) is 14.1. The number of amides is 1. The van der Waals surface area contributed by atoms with Crippen molar-refractivity contribution in [2.24, 2.45) is 0 Å². The van der Waals surface area contributed by atoms with Crippen LogP contribution in [0.25, 0.3) is 0 Å². The number of carbonyl (C=O) groups excluding carboxylic acids is 1. The van der Waals surface area contributed by atoms with E-state index in [1.807, 2.05) is 0 Å². The van der Waals surface area contributed by atoms with Gasteiger partial charge in [0.25, 0.3) is 0 Å². The van der Waals surface area contributed by atoms with Gasteiger partial charge in [-0.3, -0.25) is 4.79 Å². The second kappa shape index (κ2) is 55.5. The van der Waals surface area contributed by atoms with E-state index >= 15 is 0 Å². The number of hydrogen-bond donors (Lipinski definition) is 5. The van der Waals surface area contributed by atoms with Crippen LogP contribution in [-0.2, 0) is 4.79 Å². The molecule has 5 N–H and O–H groups in total. The van der Waals surface area contributed by atoms with Gasteiger partial charge in [-0.05, 0) is 77.0 Å². The molecule has 0 fully saturated rings. The number of hydrogen-bond acceptors (Lipinski definition) is 5. The molecule has 0 rings (SSSR count). The molecule has 0 saturated heterocycles. The van der Waals surface area contributed by atoms with Crippen LogP contribution in [0, 0.1) is 0 Å². The zero-order valence-electron chi connectivity index (χ0n) is 44.9. The smallest absolute Gasteiger partial charge is 0.249 e. The van der Waals surface area contributed by atoms with Gasteiger partial charge >= 0.3 is 0 Å². The summed E-state index contributed by atoms with van der Waals surface area (Å²) in [5.41, 5.74) is 0. The van der Waals surface area contributed by atoms with Gasteiger partial charge in [-0.2, -0.15) is 0 Å². The Labute approximate surface area is 417 Å². The van der Waals surface area contributed by atoms with Crippen molar-refractivity contribution in [1.29, 1.82) is 0 Å². The fraction of sp³-hybridized carbons (Fsp3) is 0.885. The van der Waals surface area contributed by atoms with E-state index in [2.05, 4.69) is 55.6 Å². The van der Waals surface area contributed by atoms with Crippen LogP contribution in [0.3, 0.4) is 0 Å². The van der Waals surface area contributed by atoms with Gasteiger partial charge in [0.15, 0.2) is 0 Å². The molecular formula is C61H117NO5. The zero-order chi connectivity index (χ0) is 48.8. The van der Waals surface area contributed by atoms with Crippen LogP contribution in [0.15, 0.2) is 36.5 Å². The molecule has 67 heavy (non-hydrogen) atoms. The second-order valence-corrected chi connectivity index (χ2v) is 20.7. The first-order valence-corrected chi connectivity index (χ1v) is 29.9. The summed E-state index contributed by atoms with van der Waals surface area (Å²) in [6.07, 6.45) is 69.4. The first-order valence-electron chi connectivity index (χ1n) is 29.9. The van der Waals surface area contributed by atoms with E-state index in [1.54, 1.807) is 0 Å². The van der Waals surface area contributed by atoms with Crippen LogP contribution in [0.4, 0.5) is 0 Å². The average Bonchev–Trinajstić information content (AvgIpc) is 3.33. The Morgan fingerprint density at radius 2 is 0.627 bits per heavy atom. The minimum absolute atomic E-state index is 0.360. The predicted octanol–water partition coefficient (Wildman–Crippen LogP) is 17.6. The van der Waals surface area contributed by atoms with Crippen LogP contribution < -0.4 is 5.32 Å². The SMILES string of the molecule is CCCCCCCCCCCCCC/C=C\CCCCCCCCCCCCCC(O)C(=O)NC(CO)C(O)C(O)CCC/C=C/CC/C=C/CCCCCCCCCCCCCCCCC. The highest BCUT2D eigenvalue weighted by molar-refractivity contribution is 5.80. The molecule has 396 valence electrons. The van der Waals surface area contributed by atoms with E-state index in [1.165, 1.54) is 244 Å². The second-order valence-electron chi connectivity index (χ2n) is 20.7. The van der Waals surface area contributed by atoms with Gasteiger partial charge in [0.05, 0.1) is 18.8 Å². The lowest BCUT2D eigenvalue weighted by Gasteiger charge is -2.27. The van der Waals surface area contributed by atoms with Crippen molar-refractivity contribution in [3.8, 4) is 0 Å². The minimum Gasteiger partial charge on any atom is -0.394 e. The maximum Gasteiger partial charge on any atom is 0.249 e. The van der Waals surface area contributed by atoms with Gasteiger partial charge in [0, 0.05) is 0 Å². The summed E-state index contributed by atoms with van der Waals surface area (Å²) in [6.45, 7) is 4.08. The highest BCUT2D eigenvalue weighted by Gasteiger charge is 2.28. The molecule has 1 amide bonds. The molecule has 0 aliphatic carbocycles. The monoisotopic (exact) mass is 944 g/mol. The Hall–Kier alpha value is -1.47.